The van der Waals surface area contributed by atoms with Crippen LogP contribution < -0.4 is 5.32 Å². The SMILES string of the molecule is C=N/C(=C\N1CC=CC=C1NC1=CCC(c2ccc(C(F)F)cc2)CC1)C(F)(F)F. The van der Waals surface area contributed by atoms with Gasteiger partial charge in [-0.25, -0.2) is 8.78 Å². The predicted octanol–water partition coefficient (Wildman–Crippen LogP) is 6.18. The first kappa shape index (κ1) is 21.8. The van der Waals surface area contributed by atoms with Crippen LogP contribution in [0.4, 0.5) is 22.0 Å². The van der Waals surface area contributed by atoms with Gasteiger partial charge in [0.25, 0.3) is 6.43 Å². The maximum Gasteiger partial charge on any atom is 0.434 e. The van der Waals surface area contributed by atoms with Crippen LogP contribution in [-0.4, -0.2) is 24.3 Å². The number of nitrogens with one attached hydrogen (secondary N) is 1. The van der Waals surface area contributed by atoms with Gasteiger partial charge in [-0.1, -0.05) is 42.5 Å². The van der Waals surface area contributed by atoms with E-state index in [4.69, 9.17) is 0 Å². The van der Waals surface area contributed by atoms with Crippen LogP contribution in [0.2, 0.25) is 0 Å². The van der Waals surface area contributed by atoms with Crippen LogP contribution in [0.15, 0.2) is 77.0 Å². The number of allylic oxidation sites excluding steroid dienone is 5. The molecular weight excluding hydrogens is 401 g/mol. The summed E-state index contributed by atoms with van der Waals surface area (Å²) in [7, 11) is 0. The Balaban J connectivity index is 1.67. The molecule has 1 unspecified atom stereocenters. The molecule has 0 spiro atoms. The van der Waals surface area contributed by atoms with Gasteiger partial charge < -0.3 is 10.2 Å². The molecule has 0 saturated heterocycles. The second-order valence-corrected chi connectivity index (χ2v) is 7.10. The second kappa shape index (κ2) is 9.28. The van der Waals surface area contributed by atoms with Crippen LogP contribution in [0.3, 0.4) is 0 Å². The Kier molecular flexibility index (Phi) is 6.74. The molecule has 2 aliphatic rings. The lowest BCUT2D eigenvalue weighted by Gasteiger charge is -2.29. The van der Waals surface area contributed by atoms with E-state index in [-0.39, 0.29) is 18.0 Å². The summed E-state index contributed by atoms with van der Waals surface area (Å²) < 4.78 is 64.4. The van der Waals surface area contributed by atoms with Crippen LogP contribution in [0.5, 0.6) is 0 Å². The summed E-state index contributed by atoms with van der Waals surface area (Å²) in [5.41, 5.74) is 0.863. The summed E-state index contributed by atoms with van der Waals surface area (Å²) in [4.78, 5) is 4.54. The highest BCUT2D eigenvalue weighted by Gasteiger charge is 2.34. The molecule has 0 aromatic heterocycles. The van der Waals surface area contributed by atoms with Crippen LogP contribution >= 0.6 is 0 Å². The zero-order chi connectivity index (χ0) is 21.7. The molecule has 1 atom stereocenters. The van der Waals surface area contributed by atoms with Gasteiger partial charge in [-0.3, -0.25) is 4.99 Å². The van der Waals surface area contributed by atoms with E-state index in [9.17, 15) is 22.0 Å². The Labute approximate surface area is 172 Å². The van der Waals surface area contributed by atoms with Crippen LogP contribution in [0, 0.1) is 0 Å². The molecule has 0 saturated carbocycles. The van der Waals surface area contributed by atoms with Gasteiger partial charge in [0.2, 0.25) is 0 Å². The lowest BCUT2D eigenvalue weighted by atomic mass is 9.86. The Bertz CT molecular complexity index is 879. The number of hydrogen-bond donors (Lipinski definition) is 1. The Morgan fingerprint density at radius 2 is 1.97 bits per heavy atom. The van der Waals surface area contributed by atoms with Crippen LogP contribution in [-0.2, 0) is 0 Å². The van der Waals surface area contributed by atoms with Crippen molar-refractivity contribution < 1.29 is 22.0 Å². The van der Waals surface area contributed by atoms with E-state index < -0.39 is 18.3 Å². The fourth-order valence-electron chi connectivity index (χ4n) is 3.44. The number of halogens is 5. The van der Waals surface area contributed by atoms with Gasteiger partial charge in [-0.05, 0) is 43.5 Å². The van der Waals surface area contributed by atoms with Crippen molar-refractivity contribution in [2.45, 2.75) is 37.8 Å². The van der Waals surface area contributed by atoms with Gasteiger partial charge in [0.05, 0.1) is 0 Å². The van der Waals surface area contributed by atoms with Crippen LogP contribution in [0.1, 0.15) is 42.7 Å². The van der Waals surface area contributed by atoms with Crippen molar-refractivity contribution in [1.82, 2.24) is 10.2 Å². The van der Waals surface area contributed by atoms with Crippen molar-refractivity contribution in [3.05, 3.63) is 83.1 Å². The summed E-state index contributed by atoms with van der Waals surface area (Å²) >= 11 is 0. The fraction of sp³-hybridized carbons (Fsp3) is 0.318. The summed E-state index contributed by atoms with van der Waals surface area (Å²) in [6.45, 7) is 3.29. The molecule has 1 aliphatic heterocycles. The molecule has 0 fully saturated rings. The molecule has 0 radical (unpaired) electrons. The molecular formula is C22H22F5N3. The van der Waals surface area contributed by atoms with Gasteiger partial charge >= 0.3 is 6.18 Å². The van der Waals surface area contributed by atoms with Crippen molar-refractivity contribution in [3.8, 4) is 0 Å². The first-order valence-electron chi connectivity index (χ1n) is 9.51. The maximum absolute atomic E-state index is 13.0. The minimum absolute atomic E-state index is 0.00475. The summed E-state index contributed by atoms with van der Waals surface area (Å²) in [6, 6.07) is 6.38. The zero-order valence-corrected chi connectivity index (χ0v) is 16.2. The average molecular weight is 423 g/mol. The smallest absolute Gasteiger partial charge is 0.346 e. The van der Waals surface area contributed by atoms with E-state index in [1.165, 1.54) is 17.0 Å². The summed E-state index contributed by atoms with van der Waals surface area (Å²) in [5, 5.41) is 3.21. The monoisotopic (exact) mass is 423 g/mol. The second-order valence-electron chi connectivity index (χ2n) is 7.10. The number of benzene rings is 1. The molecule has 3 nitrogen and oxygen atoms in total. The molecule has 160 valence electrons. The van der Waals surface area contributed by atoms with Crippen molar-refractivity contribution in [1.29, 1.82) is 0 Å². The third-order valence-corrected chi connectivity index (χ3v) is 5.10. The van der Waals surface area contributed by atoms with Crippen molar-refractivity contribution in [2.24, 2.45) is 4.99 Å². The quantitative estimate of drug-likeness (QED) is 0.437. The van der Waals surface area contributed by atoms with Gasteiger partial charge in [-0.2, -0.15) is 13.2 Å². The molecule has 1 N–H and O–H groups in total. The molecule has 1 heterocycles. The van der Waals surface area contributed by atoms with Gasteiger partial charge in [0.1, 0.15) is 5.82 Å². The number of alkyl halides is 5. The number of hydrogen-bond acceptors (Lipinski definition) is 3. The minimum atomic E-state index is -4.58. The predicted molar refractivity (Wildman–Crippen MR) is 107 cm³/mol. The molecule has 0 amide bonds. The molecule has 1 aromatic carbocycles. The fourth-order valence-corrected chi connectivity index (χ4v) is 3.44. The minimum Gasteiger partial charge on any atom is -0.346 e. The van der Waals surface area contributed by atoms with E-state index in [0.29, 0.717) is 12.2 Å². The molecule has 8 heteroatoms. The first-order valence-corrected chi connectivity index (χ1v) is 9.51. The van der Waals surface area contributed by atoms with Crippen molar-refractivity contribution >= 4 is 6.72 Å². The third-order valence-electron chi connectivity index (χ3n) is 5.10. The summed E-state index contributed by atoms with van der Waals surface area (Å²) in [5.74, 6) is 0.745. The molecule has 30 heavy (non-hydrogen) atoms. The van der Waals surface area contributed by atoms with Crippen molar-refractivity contribution in [2.75, 3.05) is 6.54 Å². The van der Waals surface area contributed by atoms with E-state index >= 15 is 0 Å². The normalized spacial score (nSPS) is 20.1. The lowest BCUT2D eigenvalue weighted by Crippen LogP contribution is -2.31. The highest BCUT2D eigenvalue weighted by atomic mass is 19.4. The zero-order valence-electron chi connectivity index (χ0n) is 16.2. The van der Waals surface area contributed by atoms with E-state index in [2.05, 4.69) is 17.0 Å². The highest BCUT2D eigenvalue weighted by molar-refractivity contribution is 5.32. The van der Waals surface area contributed by atoms with E-state index in [1.54, 1.807) is 30.4 Å². The highest BCUT2D eigenvalue weighted by Crippen LogP contribution is 2.33. The molecule has 1 aliphatic carbocycles. The Hall–Kier alpha value is -2.90. The number of nitrogens with zero attached hydrogens (tertiary/aromatic N) is 2. The molecule has 3 rings (SSSR count). The molecule has 1 aromatic rings. The van der Waals surface area contributed by atoms with Gasteiger partial charge in [0.15, 0.2) is 5.70 Å². The van der Waals surface area contributed by atoms with E-state index in [0.717, 1.165) is 30.3 Å². The maximum atomic E-state index is 13.0. The standard InChI is InChI=1S/C22H22F5N3/c1-28-19(22(25,26)27)14-30-13-3-2-4-20(30)29-18-11-9-16(10-12-18)15-5-7-17(8-6-15)21(23)24/h2-8,11,14,16,21,29H,1,9-10,12-13H2/b19-14-. The van der Waals surface area contributed by atoms with E-state index in [1.807, 2.05) is 6.08 Å². The molecule has 0 bridgehead atoms. The first-order chi connectivity index (χ1) is 14.3. The largest absolute Gasteiger partial charge is 0.434 e. The third kappa shape index (κ3) is 5.37. The van der Waals surface area contributed by atoms with Gasteiger partial charge in [-0.15, -0.1) is 0 Å². The van der Waals surface area contributed by atoms with Gasteiger partial charge in [0, 0.05) is 24.0 Å². The number of aliphatic imine (C=N–C) groups is 1. The van der Waals surface area contributed by atoms with Crippen molar-refractivity contribution in [3.63, 3.8) is 0 Å². The Morgan fingerprint density at radius 3 is 2.53 bits per heavy atom. The topological polar surface area (TPSA) is 27.6 Å². The summed E-state index contributed by atoms with van der Waals surface area (Å²) in [6.07, 6.45) is 3.34. The Morgan fingerprint density at radius 1 is 1.23 bits per heavy atom. The number of rotatable bonds is 6. The lowest BCUT2D eigenvalue weighted by molar-refractivity contribution is -0.0931. The average Bonchev–Trinajstić information content (AvgIpc) is 2.73. The van der Waals surface area contributed by atoms with Crippen LogP contribution in [0.25, 0.3) is 0 Å².